The van der Waals surface area contributed by atoms with Gasteiger partial charge in [-0.1, -0.05) is 6.92 Å². The van der Waals surface area contributed by atoms with Crippen molar-refractivity contribution in [1.29, 1.82) is 0 Å². The second-order valence-electron chi connectivity index (χ2n) is 2.21. The molecule has 5 heteroatoms. The Morgan fingerprint density at radius 2 is 2.25 bits per heavy atom. The van der Waals surface area contributed by atoms with Gasteiger partial charge in [-0.2, -0.15) is 0 Å². The maximum atomic E-state index is 10.7. The molecule has 0 aliphatic rings. The number of carbonyl (C=O) groups is 1. The van der Waals surface area contributed by atoms with Gasteiger partial charge in [-0.15, -0.1) is 0 Å². The minimum atomic E-state index is -0.661. The number of nitro groups is 1. The zero-order valence-corrected chi connectivity index (χ0v) is 7.07. The van der Waals surface area contributed by atoms with Crippen molar-refractivity contribution in [3.05, 3.63) is 21.9 Å². The third kappa shape index (κ3) is 4.43. The fourth-order valence-electron chi connectivity index (χ4n) is 0.468. The number of carbonyl (C=O) groups excluding carboxylic acids is 1. The van der Waals surface area contributed by atoms with E-state index in [0.29, 0.717) is 13.0 Å². The summed E-state index contributed by atoms with van der Waals surface area (Å²) >= 11 is 0. The van der Waals surface area contributed by atoms with E-state index in [2.05, 4.69) is 4.74 Å². The molecule has 0 aromatic rings. The molecule has 0 N–H and O–H groups in total. The van der Waals surface area contributed by atoms with Gasteiger partial charge in [-0.3, -0.25) is 10.1 Å². The molecule has 0 heterocycles. The van der Waals surface area contributed by atoms with E-state index in [1.165, 1.54) is 6.92 Å². The van der Waals surface area contributed by atoms with Gasteiger partial charge in [-0.05, 0) is 6.42 Å². The highest BCUT2D eigenvalue weighted by atomic mass is 16.6. The predicted molar refractivity (Wildman–Crippen MR) is 42.0 cm³/mol. The number of rotatable bonds is 4. The lowest BCUT2D eigenvalue weighted by Gasteiger charge is -1.96. The van der Waals surface area contributed by atoms with Gasteiger partial charge in [0.1, 0.15) is 0 Å². The summed E-state index contributed by atoms with van der Waals surface area (Å²) in [6.45, 7) is 3.38. The summed E-state index contributed by atoms with van der Waals surface area (Å²) < 4.78 is 4.59. The molecule has 0 fully saturated rings. The summed E-state index contributed by atoms with van der Waals surface area (Å²) in [6.07, 6.45) is 1.58. The average molecular weight is 173 g/mol. The molecule has 0 aromatic heterocycles. The van der Waals surface area contributed by atoms with E-state index in [-0.39, 0.29) is 5.70 Å². The largest absolute Gasteiger partial charge is 0.462 e. The Labute approximate surface area is 70.2 Å². The third-order valence-corrected chi connectivity index (χ3v) is 1.06. The number of hydrogen-bond donors (Lipinski definition) is 0. The van der Waals surface area contributed by atoms with Crippen LogP contribution in [0.3, 0.4) is 0 Å². The van der Waals surface area contributed by atoms with Crippen molar-refractivity contribution in [2.45, 2.75) is 20.3 Å². The van der Waals surface area contributed by atoms with Gasteiger partial charge in [-0.25, -0.2) is 4.79 Å². The number of hydrogen-bond acceptors (Lipinski definition) is 4. The van der Waals surface area contributed by atoms with Crippen LogP contribution in [0, 0.1) is 10.1 Å². The zero-order valence-electron chi connectivity index (χ0n) is 7.07. The lowest BCUT2D eigenvalue weighted by atomic mass is 10.4. The van der Waals surface area contributed by atoms with Crippen LogP contribution in [0.25, 0.3) is 0 Å². The Hall–Kier alpha value is -1.39. The number of esters is 1. The van der Waals surface area contributed by atoms with Crippen molar-refractivity contribution in [3.8, 4) is 0 Å². The Morgan fingerprint density at radius 1 is 1.67 bits per heavy atom. The average Bonchev–Trinajstić information content (AvgIpc) is 2.00. The Bertz CT molecular complexity index is 209. The standard InChI is InChI=1S/C7H11NO4/c1-3-4-12-7(9)5-6(2)8(10)11/h5H,3-4H2,1-2H3/b6-5+. The zero-order chi connectivity index (χ0) is 9.56. The van der Waals surface area contributed by atoms with Crippen molar-refractivity contribution in [2.24, 2.45) is 0 Å². The third-order valence-electron chi connectivity index (χ3n) is 1.06. The minimum Gasteiger partial charge on any atom is -0.462 e. The highest BCUT2D eigenvalue weighted by molar-refractivity contribution is 5.82. The van der Waals surface area contributed by atoms with Gasteiger partial charge in [0.25, 0.3) is 0 Å². The maximum Gasteiger partial charge on any atom is 0.337 e. The Kier molecular flexibility index (Phi) is 4.67. The van der Waals surface area contributed by atoms with E-state index < -0.39 is 10.9 Å². The first-order valence-electron chi connectivity index (χ1n) is 3.57. The van der Waals surface area contributed by atoms with Gasteiger partial charge in [0.15, 0.2) is 0 Å². The molecule has 0 rings (SSSR count). The first-order chi connectivity index (χ1) is 5.57. The molecule has 12 heavy (non-hydrogen) atoms. The van der Waals surface area contributed by atoms with E-state index in [4.69, 9.17) is 0 Å². The fraction of sp³-hybridized carbons (Fsp3) is 0.571. The van der Waals surface area contributed by atoms with Crippen LogP contribution in [-0.4, -0.2) is 17.5 Å². The van der Waals surface area contributed by atoms with Crippen molar-refractivity contribution in [2.75, 3.05) is 6.61 Å². The van der Waals surface area contributed by atoms with Gasteiger partial charge in [0.05, 0.1) is 17.6 Å². The van der Waals surface area contributed by atoms with E-state index in [9.17, 15) is 14.9 Å². The van der Waals surface area contributed by atoms with Gasteiger partial charge >= 0.3 is 5.97 Å². The molecular formula is C7H11NO4. The van der Waals surface area contributed by atoms with E-state index in [0.717, 1.165) is 6.08 Å². The first-order valence-corrected chi connectivity index (χ1v) is 3.57. The summed E-state index contributed by atoms with van der Waals surface area (Å²) in [6, 6.07) is 0. The van der Waals surface area contributed by atoms with Crippen molar-refractivity contribution in [1.82, 2.24) is 0 Å². The van der Waals surface area contributed by atoms with Crippen LogP contribution in [0.5, 0.6) is 0 Å². The maximum absolute atomic E-state index is 10.7. The molecule has 0 radical (unpaired) electrons. The molecule has 0 aliphatic heterocycles. The smallest absolute Gasteiger partial charge is 0.337 e. The number of nitrogens with zero attached hydrogens (tertiary/aromatic N) is 1. The van der Waals surface area contributed by atoms with Crippen LogP contribution < -0.4 is 0 Å². The van der Waals surface area contributed by atoms with Crippen LogP contribution in [-0.2, 0) is 9.53 Å². The summed E-state index contributed by atoms with van der Waals surface area (Å²) in [7, 11) is 0. The second kappa shape index (κ2) is 5.29. The first kappa shape index (κ1) is 10.6. The quantitative estimate of drug-likeness (QED) is 0.276. The van der Waals surface area contributed by atoms with Crippen LogP contribution in [0.1, 0.15) is 20.3 Å². The molecule has 0 bridgehead atoms. The molecule has 68 valence electrons. The fourth-order valence-corrected chi connectivity index (χ4v) is 0.468. The van der Waals surface area contributed by atoms with Crippen molar-refractivity contribution < 1.29 is 14.5 Å². The summed E-state index contributed by atoms with van der Waals surface area (Å²) in [4.78, 5) is 20.1. The second-order valence-corrected chi connectivity index (χ2v) is 2.21. The van der Waals surface area contributed by atoms with Crippen LogP contribution in [0.15, 0.2) is 11.8 Å². The van der Waals surface area contributed by atoms with Crippen LogP contribution >= 0.6 is 0 Å². The lowest BCUT2D eigenvalue weighted by molar-refractivity contribution is -0.424. The molecule has 0 saturated carbocycles. The lowest BCUT2D eigenvalue weighted by Crippen LogP contribution is -2.04. The Morgan fingerprint density at radius 3 is 2.67 bits per heavy atom. The SMILES string of the molecule is CCCOC(=O)/C=C(\C)[N+](=O)[O-]. The monoisotopic (exact) mass is 173 g/mol. The number of allylic oxidation sites excluding steroid dienone is 1. The van der Waals surface area contributed by atoms with E-state index in [1.54, 1.807) is 0 Å². The molecule has 0 atom stereocenters. The minimum absolute atomic E-state index is 0.212. The van der Waals surface area contributed by atoms with Crippen LogP contribution in [0.2, 0.25) is 0 Å². The molecule has 0 spiro atoms. The normalized spacial score (nSPS) is 11.0. The van der Waals surface area contributed by atoms with E-state index in [1.807, 2.05) is 6.92 Å². The molecule has 0 aliphatic carbocycles. The topological polar surface area (TPSA) is 69.4 Å². The highest BCUT2D eigenvalue weighted by Gasteiger charge is 2.06. The molecule has 5 nitrogen and oxygen atoms in total. The molecular weight excluding hydrogens is 162 g/mol. The predicted octanol–water partition coefficient (Wildman–Crippen LogP) is 1.12. The van der Waals surface area contributed by atoms with Gasteiger partial charge < -0.3 is 4.74 Å². The Balaban J connectivity index is 3.97. The summed E-state index contributed by atoms with van der Waals surface area (Å²) in [5.41, 5.74) is -0.212. The van der Waals surface area contributed by atoms with E-state index >= 15 is 0 Å². The van der Waals surface area contributed by atoms with Gasteiger partial charge in [0, 0.05) is 6.92 Å². The summed E-state index contributed by atoms with van der Waals surface area (Å²) in [5.74, 6) is -0.661. The molecule has 0 aromatic carbocycles. The number of ether oxygens (including phenoxy) is 1. The molecule has 0 unspecified atom stereocenters. The molecule has 0 amide bonds. The molecule has 0 saturated heterocycles. The van der Waals surface area contributed by atoms with Crippen LogP contribution in [0.4, 0.5) is 0 Å². The van der Waals surface area contributed by atoms with Crippen molar-refractivity contribution >= 4 is 5.97 Å². The van der Waals surface area contributed by atoms with Gasteiger partial charge in [0.2, 0.25) is 5.70 Å². The highest BCUT2D eigenvalue weighted by Crippen LogP contribution is 1.94. The van der Waals surface area contributed by atoms with Crippen molar-refractivity contribution in [3.63, 3.8) is 0 Å². The summed E-state index contributed by atoms with van der Waals surface area (Å²) in [5, 5.41) is 10.0.